The Balaban J connectivity index is 2.13. The van der Waals surface area contributed by atoms with Gasteiger partial charge in [0.2, 0.25) is 0 Å². The second-order valence-electron chi connectivity index (χ2n) is 3.84. The number of aliphatic hydroxyl groups excluding tert-OH is 1. The lowest BCUT2D eigenvalue weighted by Crippen LogP contribution is -2.06. The zero-order chi connectivity index (χ0) is 12.3. The zero-order valence-corrected chi connectivity index (χ0v) is 13.1. The van der Waals surface area contributed by atoms with E-state index in [1.807, 2.05) is 12.1 Å². The highest BCUT2D eigenvalue weighted by Gasteiger charge is 2.12. The van der Waals surface area contributed by atoms with E-state index < -0.39 is 0 Å². The fourth-order valence-electron chi connectivity index (χ4n) is 1.73. The first-order chi connectivity index (χ1) is 8.19. The van der Waals surface area contributed by atoms with Crippen molar-refractivity contribution in [1.29, 1.82) is 0 Å². The summed E-state index contributed by atoms with van der Waals surface area (Å²) in [5, 5.41) is 9.50. The van der Waals surface area contributed by atoms with E-state index in [1.165, 1.54) is 10.4 Å². The maximum Gasteiger partial charge on any atom is 0.0701 e. The topological polar surface area (TPSA) is 20.2 Å². The van der Waals surface area contributed by atoms with Gasteiger partial charge in [0.25, 0.3) is 0 Å². The zero-order valence-electron chi connectivity index (χ0n) is 9.07. The first kappa shape index (κ1) is 13.3. The molecule has 1 unspecified atom stereocenters. The molecule has 1 aromatic heterocycles. The van der Waals surface area contributed by atoms with E-state index in [2.05, 4.69) is 56.1 Å². The quantitative estimate of drug-likeness (QED) is 0.828. The molecule has 0 aliphatic heterocycles. The summed E-state index contributed by atoms with van der Waals surface area (Å²) in [4.78, 5) is 1.29. The molecule has 0 saturated heterocycles. The Morgan fingerprint density at radius 3 is 2.29 bits per heavy atom. The van der Waals surface area contributed by atoms with Crippen molar-refractivity contribution in [1.82, 2.24) is 0 Å². The number of benzene rings is 1. The van der Waals surface area contributed by atoms with Crippen molar-refractivity contribution in [2.75, 3.05) is 6.61 Å². The van der Waals surface area contributed by atoms with Gasteiger partial charge in [0.1, 0.15) is 0 Å². The van der Waals surface area contributed by atoms with E-state index in [1.54, 1.807) is 11.3 Å². The standard InChI is InChI=1S/C13H12Br2OS/c14-11-3-1-9(2-4-11)10(8-16)7-12-5-6-13(15)17-12/h1-6,10,16H,7-8H2. The Morgan fingerprint density at radius 1 is 1.06 bits per heavy atom. The van der Waals surface area contributed by atoms with Crippen molar-refractivity contribution in [3.8, 4) is 0 Å². The molecule has 1 atom stereocenters. The molecular formula is C13H12Br2OS. The molecule has 0 bridgehead atoms. The van der Waals surface area contributed by atoms with Gasteiger partial charge in [0.15, 0.2) is 0 Å². The maximum atomic E-state index is 9.50. The van der Waals surface area contributed by atoms with Crippen molar-refractivity contribution < 1.29 is 5.11 Å². The number of hydrogen-bond acceptors (Lipinski definition) is 2. The predicted molar refractivity (Wildman–Crippen MR) is 79.7 cm³/mol. The van der Waals surface area contributed by atoms with E-state index in [4.69, 9.17) is 0 Å². The molecule has 90 valence electrons. The summed E-state index contributed by atoms with van der Waals surface area (Å²) in [5.41, 5.74) is 1.18. The van der Waals surface area contributed by atoms with E-state index in [0.717, 1.165) is 14.7 Å². The molecule has 2 rings (SSSR count). The molecule has 4 heteroatoms. The molecule has 1 nitrogen and oxygen atoms in total. The van der Waals surface area contributed by atoms with Crippen LogP contribution in [-0.2, 0) is 6.42 Å². The highest BCUT2D eigenvalue weighted by Crippen LogP contribution is 2.28. The lowest BCUT2D eigenvalue weighted by atomic mass is 9.96. The minimum atomic E-state index is 0.175. The maximum absolute atomic E-state index is 9.50. The van der Waals surface area contributed by atoms with Gasteiger partial charge in [-0.1, -0.05) is 28.1 Å². The molecule has 17 heavy (non-hydrogen) atoms. The van der Waals surface area contributed by atoms with Crippen LogP contribution in [0, 0.1) is 0 Å². The van der Waals surface area contributed by atoms with Crippen molar-refractivity contribution in [2.24, 2.45) is 0 Å². The largest absolute Gasteiger partial charge is 0.396 e. The summed E-state index contributed by atoms with van der Waals surface area (Å²) < 4.78 is 2.21. The van der Waals surface area contributed by atoms with Crippen LogP contribution in [0.2, 0.25) is 0 Å². The predicted octanol–water partition coefficient (Wildman–Crippen LogP) is 4.59. The first-order valence-electron chi connectivity index (χ1n) is 5.29. The van der Waals surface area contributed by atoms with Gasteiger partial charge in [-0.25, -0.2) is 0 Å². The van der Waals surface area contributed by atoms with Gasteiger partial charge in [0, 0.05) is 15.3 Å². The Labute approximate surface area is 122 Å². The monoisotopic (exact) mass is 374 g/mol. The van der Waals surface area contributed by atoms with Crippen LogP contribution in [0.5, 0.6) is 0 Å². The third kappa shape index (κ3) is 3.65. The summed E-state index contributed by atoms with van der Waals surface area (Å²) in [6.07, 6.45) is 0.883. The van der Waals surface area contributed by atoms with Crippen LogP contribution < -0.4 is 0 Å². The summed E-state index contributed by atoms with van der Waals surface area (Å²) in [7, 11) is 0. The minimum absolute atomic E-state index is 0.175. The molecule has 1 N–H and O–H groups in total. The molecular weight excluding hydrogens is 364 g/mol. The Bertz CT molecular complexity index is 478. The van der Waals surface area contributed by atoms with Crippen LogP contribution in [0.15, 0.2) is 44.7 Å². The third-order valence-corrected chi connectivity index (χ3v) is 4.81. The number of rotatable bonds is 4. The number of hydrogen-bond donors (Lipinski definition) is 1. The fraction of sp³-hybridized carbons (Fsp3) is 0.231. The normalized spacial score (nSPS) is 12.6. The first-order valence-corrected chi connectivity index (χ1v) is 7.70. The van der Waals surface area contributed by atoms with Crippen LogP contribution in [0.3, 0.4) is 0 Å². The van der Waals surface area contributed by atoms with Crippen molar-refractivity contribution in [3.05, 3.63) is 55.1 Å². The number of thiophene rings is 1. The number of aliphatic hydroxyl groups is 1. The Morgan fingerprint density at radius 2 is 1.76 bits per heavy atom. The second-order valence-corrected chi connectivity index (χ2v) is 7.30. The molecule has 0 saturated carbocycles. The molecule has 0 radical (unpaired) electrons. The minimum Gasteiger partial charge on any atom is -0.396 e. The van der Waals surface area contributed by atoms with Gasteiger partial charge in [-0.15, -0.1) is 11.3 Å². The van der Waals surface area contributed by atoms with Crippen molar-refractivity contribution >= 4 is 43.2 Å². The van der Waals surface area contributed by atoms with Crippen LogP contribution in [-0.4, -0.2) is 11.7 Å². The molecule has 0 aliphatic carbocycles. The van der Waals surface area contributed by atoms with Crippen LogP contribution in [0.25, 0.3) is 0 Å². The molecule has 0 spiro atoms. The van der Waals surface area contributed by atoms with E-state index >= 15 is 0 Å². The molecule has 1 aromatic carbocycles. The summed E-state index contributed by atoms with van der Waals surface area (Å²) >= 11 is 8.61. The lowest BCUT2D eigenvalue weighted by molar-refractivity contribution is 0.265. The van der Waals surface area contributed by atoms with Crippen molar-refractivity contribution in [3.63, 3.8) is 0 Å². The van der Waals surface area contributed by atoms with Crippen LogP contribution in [0.1, 0.15) is 16.4 Å². The molecule has 0 fully saturated rings. The molecule has 1 heterocycles. The molecule has 0 aliphatic rings. The Kier molecular flexibility index (Phi) is 4.79. The lowest BCUT2D eigenvalue weighted by Gasteiger charge is -2.13. The van der Waals surface area contributed by atoms with E-state index in [0.29, 0.717) is 0 Å². The SMILES string of the molecule is OCC(Cc1ccc(Br)s1)c1ccc(Br)cc1. The van der Waals surface area contributed by atoms with E-state index in [9.17, 15) is 5.11 Å². The highest BCUT2D eigenvalue weighted by atomic mass is 79.9. The smallest absolute Gasteiger partial charge is 0.0701 e. The van der Waals surface area contributed by atoms with Crippen molar-refractivity contribution in [2.45, 2.75) is 12.3 Å². The van der Waals surface area contributed by atoms with Crippen LogP contribution in [0.4, 0.5) is 0 Å². The third-order valence-electron chi connectivity index (χ3n) is 2.64. The average molecular weight is 376 g/mol. The number of halogens is 2. The molecule has 0 amide bonds. The summed E-state index contributed by atoms with van der Waals surface area (Å²) in [5.74, 6) is 0.175. The average Bonchev–Trinajstić information content (AvgIpc) is 2.73. The summed E-state index contributed by atoms with van der Waals surface area (Å²) in [6, 6.07) is 12.3. The molecule has 2 aromatic rings. The Hall–Kier alpha value is -0.160. The van der Waals surface area contributed by atoms with Gasteiger partial charge >= 0.3 is 0 Å². The second kappa shape index (κ2) is 6.14. The van der Waals surface area contributed by atoms with Crippen LogP contribution >= 0.6 is 43.2 Å². The van der Waals surface area contributed by atoms with Gasteiger partial charge in [-0.2, -0.15) is 0 Å². The van der Waals surface area contributed by atoms with Gasteiger partial charge in [0.05, 0.1) is 10.4 Å². The highest BCUT2D eigenvalue weighted by molar-refractivity contribution is 9.11. The van der Waals surface area contributed by atoms with Gasteiger partial charge in [-0.05, 0) is 52.2 Å². The van der Waals surface area contributed by atoms with Gasteiger partial charge < -0.3 is 5.11 Å². The van der Waals surface area contributed by atoms with E-state index in [-0.39, 0.29) is 12.5 Å². The van der Waals surface area contributed by atoms with Gasteiger partial charge in [-0.3, -0.25) is 0 Å². The fourth-order valence-corrected chi connectivity index (χ4v) is 3.55. The summed E-state index contributed by atoms with van der Waals surface area (Å²) in [6.45, 7) is 0.178.